The highest BCUT2D eigenvalue weighted by molar-refractivity contribution is 7.98. The van der Waals surface area contributed by atoms with Crippen LogP contribution in [0.2, 0.25) is 0 Å². The number of benzene rings is 1. The Balaban J connectivity index is 1.96. The maximum Gasteiger partial charge on any atom is 0.148 e. The van der Waals surface area contributed by atoms with Gasteiger partial charge in [-0.3, -0.25) is 0 Å². The topological polar surface area (TPSA) is 67.0 Å². The Kier molecular flexibility index (Phi) is 8.04. The van der Waals surface area contributed by atoms with E-state index < -0.39 is 0 Å². The zero-order chi connectivity index (χ0) is 21.5. The van der Waals surface area contributed by atoms with Crippen molar-refractivity contribution in [2.24, 2.45) is 0 Å². The highest BCUT2D eigenvalue weighted by Gasteiger charge is 2.24. The second kappa shape index (κ2) is 10.7. The molecule has 0 atom stereocenters. The van der Waals surface area contributed by atoms with Gasteiger partial charge in [-0.15, -0.1) is 23.5 Å². The fourth-order valence-electron chi connectivity index (χ4n) is 3.65. The van der Waals surface area contributed by atoms with E-state index in [2.05, 4.69) is 59.5 Å². The zero-order valence-corrected chi connectivity index (χ0v) is 19.4. The van der Waals surface area contributed by atoms with E-state index in [1.807, 2.05) is 6.92 Å². The molecule has 0 amide bonds. The average Bonchev–Trinajstić information content (AvgIpc) is 3.00. The number of thioether (sulfide) groups is 2. The van der Waals surface area contributed by atoms with Gasteiger partial charge in [0.2, 0.25) is 0 Å². The van der Waals surface area contributed by atoms with Crippen LogP contribution in [0.15, 0.2) is 34.2 Å². The number of pyridine rings is 1. The van der Waals surface area contributed by atoms with E-state index >= 15 is 0 Å². The summed E-state index contributed by atoms with van der Waals surface area (Å²) in [5, 5.41) is 20.5. The van der Waals surface area contributed by atoms with E-state index in [9.17, 15) is 10.5 Å². The summed E-state index contributed by atoms with van der Waals surface area (Å²) in [6, 6.07) is 13.2. The molecule has 0 radical (unpaired) electrons. The van der Waals surface area contributed by atoms with Crippen molar-refractivity contribution in [1.82, 2.24) is 9.88 Å². The molecule has 0 saturated carbocycles. The van der Waals surface area contributed by atoms with Gasteiger partial charge in [0.05, 0.1) is 11.1 Å². The monoisotopic (exact) mass is 437 g/mol. The van der Waals surface area contributed by atoms with Gasteiger partial charge in [0.25, 0.3) is 0 Å². The predicted octanol–water partition coefficient (Wildman–Crippen LogP) is 4.54. The van der Waals surface area contributed by atoms with Crippen molar-refractivity contribution in [2.75, 3.05) is 44.4 Å². The molecule has 2 aromatic rings. The summed E-state index contributed by atoms with van der Waals surface area (Å²) in [7, 11) is 2.13. The molecule has 0 aliphatic carbocycles. The Morgan fingerprint density at radius 3 is 2.40 bits per heavy atom. The summed E-state index contributed by atoms with van der Waals surface area (Å²) < 4.78 is 0. The van der Waals surface area contributed by atoms with Crippen molar-refractivity contribution in [3.8, 4) is 12.1 Å². The zero-order valence-electron chi connectivity index (χ0n) is 17.8. The first-order chi connectivity index (χ1) is 14.6. The molecule has 156 valence electrons. The molecule has 30 heavy (non-hydrogen) atoms. The standard InChI is InChI=1S/C23H27N5S2/c1-4-19-20(14-24)22(28-11-5-10-27(2)12-13-28)26-23(21(19)15-25)30-16-17-6-8-18(29-3)9-7-17/h6-9H,4-5,10-13,16H2,1-3H3. The molecule has 2 heterocycles. The number of nitrogens with zero attached hydrogens (tertiary/aromatic N) is 5. The third-order valence-electron chi connectivity index (χ3n) is 5.38. The van der Waals surface area contributed by atoms with Gasteiger partial charge in [-0.1, -0.05) is 19.1 Å². The van der Waals surface area contributed by atoms with Crippen LogP contribution < -0.4 is 4.90 Å². The first-order valence-corrected chi connectivity index (χ1v) is 12.4. The first kappa shape index (κ1) is 22.5. The van der Waals surface area contributed by atoms with Crippen LogP contribution in [0.5, 0.6) is 0 Å². The molecule has 7 heteroatoms. The van der Waals surface area contributed by atoms with Gasteiger partial charge in [0.15, 0.2) is 0 Å². The third kappa shape index (κ3) is 5.10. The minimum absolute atomic E-state index is 0.551. The normalized spacial score (nSPS) is 14.8. The van der Waals surface area contributed by atoms with Crippen molar-refractivity contribution in [2.45, 2.75) is 35.4 Å². The van der Waals surface area contributed by atoms with Gasteiger partial charge >= 0.3 is 0 Å². The Bertz CT molecular complexity index is 960. The lowest BCUT2D eigenvalue weighted by Gasteiger charge is -2.25. The smallest absolute Gasteiger partial charge is 0.148 e. The Labute approximate surface area is 188 Å². The largest absolute Gasteiger partial charge is 0.354 e. The van der Waals surface area contributed by atoms with Crippen LogP contribution in [-0.4, -0.2) is 49.4 Å². The van der Waals surface area contributed by atoms with Crippen molar-refractivity contribution in [1.29, 1.82) is 10.5 Å². The molecule has 1 saturated heterocycles. The minimum Gasteiger partial charge on any atom is -0.354 e. The summed E-state index contributed by atoms with van der Waals surface area (Å²) in [5.74, 6) is 1.48. The molecule has 1 fully saturated rings. The second-order valence-corrected chi connectivity index (χ2v) is 9.17. The van der Waals surface area contributed by atoms with Gasteiger partial charge in [0, 0.05) is 30.3 Å². The molecular formula is C23H27N5S2. The van der Waals surface area contributed by atoms with Crippen molar-refractivity contribution in [3.63, 3.8) is 0 Å². The van der Waals surface area contributed by atoms with Gasteiger partial charge in [-0.05, 0) is 55.9 Å². The van der Waals surface area contributed by atoms with E-state index in [1.165, 1.54) is 10.5 Å². The number of hydrogen-bond donors (Lipinski definition) is 0. The number of aromatic nitrogens is 1. The summed E-state index contributed by atoms with van der Waals surface area (Å²) >= 11 is 3.31. The maximum atomic E-state index is 9.91. The molecular weight excluding hydrogens is 410 g/mol. The lowest BCUT2D eigenvalue weighted by molar-refractivity contribution is 0.360. The molecule has 1 aliphatic rings. The number of nitriles is 2. The number of rotatable bonds is 6. The molecule has 1 aromatic heterocycles. The number of hydrogen-bond acceptors (Lipinski definition) is 7. The molecule has 0 unspecified atom stereocenters. The summed E-state index contributed by atoms with van der Waals surface area (Å²) in [6.45, 7) is 5.71. The highest BCUT2D eigenvalue weighted by Crippen LogP contribution is 2.34. The van der Waals surface area contributed by atoms with Crippen LogP contribution in [0.4, 0.5) is 5.82 Å². The van der Waals surface area contributed by atoms with Crippen molar-refractivity contribution in [3.05, 3.63) is 46.5 Å². The van der Waals surface area contributed by atoms with Crippen molar-refractivity contribution < 1.29 is 0 Å². The summed E-state index contributed by atoms with van der Waals surface area (Å²) in [6.07, 6.45) is 3.75. The van der Waals surface area contributed by atoms with E-state index in [0.29, 0.717) is 17.5 Å². The summed E-state index contributed by atoms with van der Waals surface area (Å²) in [5.41, 5.74) is 3.13. The fraction of sp³-hybridized carbons (Fsp3) is 0.435. The molecule has 1 aliphatic heterocycles. The van der Waals surface area contributed by atoms with E-state index in [0.717, 1.165) is 54.8 Å². The van der Waals surface area contributed by atoms with Gasteiger partial charge in [0.1, 0.15) is 23.0 Å². The van der Waals surface area contributed by atoms with Crippen LogP contribution in [0.3, 0.4) is 0 Å². The van der Waals surface area contributed by atoms with Crippen LogP contribution in [-0.2, 0) is 12.2 Å². The Hall–Kier alpha value is -2.19. The minimum atomic E-state index is 0.551. The SMILES string of the molecule is CCc1c(C#N)c(SCc2ccc(SC)cc2)nc(N2CCCN(C)CC2)c1C#N. The van der Waals surface area contributed by atoms with Crippen LogP contribution in [0.1, 0.15) is 35.6 Å². The lowest BCUT2D eigenvalue weighted by Crippen LogP contribution is -2.30. The van der Waals surface area contributed by atoms with Gasteiger partial charge in [-0.25, -0.2) is 4.98 Å². The van der Waals surface area contributed by atoms with Crippen LogP contribution in [0.25, 0.3) is 0 Å². The van der Waals surface area contributed by atoms with Gasteiger partial charge in [-0.2, -0.15) is 10.5 Å². The van der Waals surface area contributed by atoms with Crippen molar-refractivity contribution >= 4 is 29.3 Å². The van der Waals surface area contributed by atoms with Crippen LogP contribution in [0, 0.1) is 22.7 Å². The number of likely N-dealkylation sites (N-methyl/N-ethyl adjacent to an activating group) is 1. The first-order valence-electron chi connectivity index (χ1n) is 10.2. The molecule has 3 rings (SSSR count). The van der Waals surface area contributed by atoms with E-state index in [-0.39, 0.29) is 0 Å². The fourth-order valence-corrected chi connectivity index (χ4v) is 5.02. The van der Waals surface area contributed by atoms with E-state index in [4.69, 9.17) is 4.98 Å². The molecule has 1 aromatic carbocycles. The molecule has 0 spiro atoms. The molecule has 0 bridgehead atoms. The average molecular weight is 438 g/mol. The van der Waals surface area contributed by atoms with Crippen LogP contribution >= 0.6 is 23.5 Å². The predicted molar refractivity (Wildman–Crippen MR) is 125 cm³/mol. The third-order valence-corrected chi connectivity index (χ3v) is 7.17. The Morgan fingerprint density at radius 2 is 1.77 bits per heavy atom. The lowest BCUT2D eigenvalue weighted by atomic mass is 10.0. The maximum absolute atomic E-state index is 9.91. The van der Waals surface area contributed by atoms with E-state index in [1.54, 1.807) is 23.5 Å². The Morgan fingerprint density at radius 1 is 1.03 bits per heavy atom. The second-order valence-electron chi connectivity index (χ2n) is 7.33. The molecule has 5 nitrogen and oxygen atoms in total. The summed E-state index contributed by atoms with van der Waals surface area (Å²) in [4.78, 5) is 10.7. The number of anilines is 1. The quantitative estimate of drug-likeness (QED) is 0.615. The molecule has 0 N–H and O–H groups in total. The van der Waals surface area contributed by atoms with Gasteiger partial charge < -0.3 is 9.80 Å². The highest BCUT2D eigenvalue weighted by atomic mass is 32.2.